The van der Waals surface area contributed by atoms with Crippen LogP contribution in [0, 0.1) is 0 Å². The summed E-state index contributed by atoms with van der Waals surface area (Å²) in [5.74, 6) is 0.773. The minimum atomic E-state index is -0.436. The van der Waals surface area contributed by atoms with E-state index in [0.717, 1.165) is 35.3 Å². The number of hydrogen-bond acceptors (Lipinski definition) is 5. The Morgan fingerprint density at radius 1 is 1.14 bits per heavy atom. The maximum Gasteiger partial charge on any atom is 0.411 e. The highest BCUT2D eigenvalue weighted by atomic mass is 16.6. The van der Waals surface area contributed by atoms with E-state index in [1.807, 2.05) is 68.6 Å². The molecule has 0 radical (unpaired) electrons. The molecular weight excluding hydrogens is 366 g/mol. The van der Waals surface area contributed by atoms with Crippen molar-refractivity contribution in [1.82, 2.24) is 4.98 Å². The number of para-hydroxylation sites is 1. The lowest BCUT2D eigenvalue weighted by molar-refractivity contribution is 0.122. The number of pyridine rings is 1. The highest BCUT2D eigenvalue weighted by Gasteiger charge is 2.27. The smallest absolute Gasteiger partial charge is 0.411 e. The summed E-state index contributed by atoms with van der Waals surface area (Å²) in [6.45, 7) is 5.46. The maximum absolute atomic E-state index is 12.3. The molecule has 1 amide bonds. The zero-order valence-corrected chi connectivity index (χ0v) is 16.7. The normalized spacial score (nSPS) is 16.2. The van der Waals surface area contributed by atoms with Gasteiger partial charge in [-0.1, -0.05) is 18.2 Å². The molecule has 29 heavy (non-hydrogen) atoms. The average Bonchev–Trinajstić information content (AvgIpc) is 3.16. The molecule has 0 bridgehead atoms. The number of nitrogens with one attached hydrogen (secondary N) is 1. The molecule has 1 aliphatic rings. The minimum Gasteiger partial charge on any atom is -0.491 e. The van der Waals surface area contributed by atoms with Crippen molar-refractivity contribution < 1.29 is 14.3 Å². The van der Waals surface area contributed by atoms with Crippen molar-refractivity contribution >= 4 is 28.4 Å². The van der Waals surface area contributed by atoms with Crippen LogP contribution in [0.1, 0.15) is 20.3 Å². The van der Waals surface area contributed by atoms with Gasteiger partial charge in [0, 0.05) is 35.9 Å². The van der Waals surface area contributed by atoms with Crippen molar-refractivity contribution in [3.8, 4) is 5.75 Å². The molecule has 1 atom stereocenters. The van der Waals surface area contributed by atoms with E-state index in [1.54, 1.807) is 0 Å². The number of carbonyl (C=O) groups is 1. The molecule has 2 heterocycles. The van der Waals surface area contributed by atoms with E-state index in [0.29, 0.717) is 12.2 Å². The molecule has 4 rings (SSSR count). The molecule has 1 unspecified atom stereocenters. The standard InChI is InChI=1S/C23H25N3O3/c1-16(2)28-18-9-7-17(8-10-18)25-23(27)29-19-12-14-26(15-19)22-11-13-24-21-6-4-3-5-20(21)22/h3-11,13,16,19H,12,14-15H2,1-2H3,(H,25,27). The van der Waals surface area contributed by atoms with E-state index in [4.69, 9.17) is 9.47 Å². The molecule has 0 spiro atoms. The lowest BCUT2D eigenvalue weighted by Crippen LogP contribution is -2.26. The van der Waals surface area contributed by atoms with Crippen molar-refractivity contribution in [3.05, 3.63) is 60.8 Å². The van der Waals surface area contributed by atoms with E-state index in [-0.39, 0.29) is 12.2 Å². The number of amides is 1. The van der Waals surface area contributed by atoms with Crippen molar-refractivity contribution in [2.45, 2.75) is 32.5 Å². The summed E-state index contributed by atoms with van der Waals surface area (Å²) in [7, 11) is 0. The van der Waals surface area contributed by atoms with Crippen LogP contribution in [-0.2, 0) is 4.74 Å². The van der Waals surface area contributed by atoms with Crippen molar-refractivity contribution in [1.29, 1.82) is 0 Å². The topological polar surface area (TPSA) is 63.7 Å². The largest absolute Gasteiger partial charge is 0.491 e. The molecule has 150 valence electrons. The third-order valence-corrected chi connectivity index (χ3v) is 4.86. The van der Waals surface area contributed by atoms with Gasteiger partial charge in [0.15, 0.2) is 0 Å². The second-order valence-electron chi connectivity index (χ2n) is 7.43. The number of carbonyl (C=O) groups excluding carboxylic acids is 1. The summed E-state index contributed by atoms with van der Waals surface area (Å²) in [5, 5.41) is 3.90. The molecule has 0 aliphatic carbocycles. The second kappa shape index (κ2) is 8.39. The molecule has 1 N–H and O–H groups in total. The minimum absolute atomic E-state index is 0.113. The number of fused-ring (bicyclic) bond motifs is 1. The van der Waals surface area contributed by atoms with Crippen molar-refractivity contribution in [3.63, 3.8) is 0 Å². The number of anilines is 2. The van der Waals surface area contributed by atoms with Crippen LogP contribution >= 0.6 is 0 Å². The summed E-state index contributed by atoms with van der Waals surface area (Å²) in [6.07, 6.45) is 2.15. The van der Waals surface area contributed by atoms with Crippen molar-refractivity contribution in [2.24, 2.45) is 0 Å². The van der Waals surface area contributed by atoms with Gasteiger partial charge >= 0.3 is 6.09 Å². The first kappa shape index (κ1) is 19.1. The van der Waals surface area contributed by atoms with E-state index >= 15 is 0 Å². The molecule has 1 fully saturated rings. The number of rotatable bonds is 5. The van der Waals surface area contributed by atoms with Gasteiger partial charge in [0.2, 0.25) is 0 Å². The van der Waals surface area contributed by atoms with Gasteiger partial charge in [0.05, 0.1) is 18.2 Å². The highest BCUT2D eigenvalue weighted by Crippen LogP contribution is 2.29. The highest BCUT2D eigenvalue weighted by molar-refractivity contribution is 5.91. The molecule has 2 aromatic carbocycles. The zero-order valence-electron chi connectivity index (χ0n) is 16.7. The third kappa shape index (κ3) is 4.59. The molecule has 1 aromatic heterocycles. The van der Waals surface area contributed by atoms with Gasteiger partial charge in [-0.05, 0) is 50.2 Å². The van der Waals surface area contributed by atoms with Gasteiger partial charge in [-0.15, -0.1) is 0 Å². The monoisotopic (exact) mass is 391 g/mol. The quantitative estimate of drug-likeness (QED) is 0.674. The number of nitrogens with zero attached hydrogens (tertiary/aromatic N) is 2. The fraction of sp³-hybridized carbons (Fsp3) is 0.304. The van der Waals surface area contributed by atoms with Gasteiger partial charge in [0.25, 0.3) is 0 Å². The average molecular weight is 391 g/mol. The summed E-state index contributed by atoms with van der Waals surface area (Å²) >= 11 is 0. The van der Waals surface area contributed by atoms with Gasteiger partial charge in [-0.2, -0.15) is 0 Å². The zero-order chi connectivity index (χ0) is 20.2. The second-order valence-corrected chi connectivity index (χ2v) is 7.43. The predicted octanol–water partition coefficient (Wildman–Crippen LogP) is 4.85. The summed E-state index contributed by atoms with van der Waals surface area (Å²) in [6, 6.07) is 17.4. The van der Waals surface area contributed by atoms with Crippen LogP contribution in [0.2, 0.25) is 0 Å². The van der Waals surface area contributed by atoms with Crippen LogP contribution in [0.15, 0.2) is 60.8 Å². The molecule has 1 aliphatic heterocycles. The van der Waals surface area contributed by atoms with E-state index in [1.165, 1.54) is 0 Å². The Hall–Kier alpha value is -3.28. The number of ether oxygens (including phenoxy) is 2. The summed E-state index contributed by atoms with van der Waals surface area (Å²) < 4.78 is 11.2. The molecular formula is C23H25N3O3. The van der Waals surface area contributed by atoms with Gasteiger partial charge in [0.1, 0.15) is 11.9 Å². The Morgan fingerprint density at radius 3 is 2.72 bits per heavy atom. The van der Waals surface area contributed by atoms with E-state index < -0.39 is 6.09 Å². The third-order valence-electron chi connectivity index (χ3n) is 4.86. The first-order valence-electron chi connectivity index (χ1n) is 9.91. The fourth-order valence-electron chi connectivity index (χ4n) is 3.59. The number of hydrogen-bond donors (Lipinski definition) is 1. The van der Waals surface area contributed by atoms with Crippen LogP contribution < -0.4 is 15.0 Å². The first-order valence-corrected chi connectivity index (χ1v) is 9.91. The van der Waals surface area contributed by atoms with Crippen molar-refractivity contribution in [2.75, 3.05) is 23.3 Å². The Labute approximate surface area is 170 Å². The summed E-state index contributed by atoms with van der Waals surface area (Å²) in [4.78, 5) is 19.0. The molecule has 0 saturated carbocycles. The van der Waals surface area contributed by atoms with Crippen LogP contribution in [0.3, 0.4) is 0 Å². The Kier molecular flexibility index (Phi) is 5.51. The molecule has 1 saturated heterocycles. The molecule has 6 nitrogen and oxygen atoms in total. The van der Waals surface area contributed by atoms with Gasteiger partial charge < -0.3 is 14.4 Å². The summed E-state index contributed by atoms with van der Waals surface area (Å²) in [5.41, 5.74) is 2.78. The van der Waals surface area contributed by atoms with E-state index in [9.17, 15) is 4.79 Å². The lowest BCUT2D eigenvalue weighted by atomic mass is 10.2. The lowest BCUT2D eigenvalue weighted by Gasteiger charge is -2.20. The number of aromatic nitrogens is 1. The first-order chi connectivity index (χ1) is 14.1. The predicted molar refractivity (Wildman–Crippen MR) is 115 cm³/mol. The van der Waals surface area contributed by atoms with Crippen LogP contribution in [0.4, 0.5) is 16.2 Å². The fourth-order valence-corrected chi connectivity index (χ4v) is 3.59. The van der Waals surface area contributed by atoms with Crippen LogP contribution in [0.25, 0.3) is 10.9 Å². The SMILES string of the molecule is CC(C)Oc1ccc(NC(=O)OC2CCN(c3ccnc4ccccc34)C2)cc1. The molecule has 3 aromatic rings. The van der Waals surface area contributed by atoms with Crippen LogP contribution in [-0.4, -0.2) is 36.4 Å². The Bertz CT molecular complexity index is 983. The number of benzene rings is 2. The van der Waals surface area contributed by atoms with Gasteiger partial charge in [-0.3, -0.25) is 10.3 Å². The Morgan fingerprint density at radius 2 is 1.93 bits per heavy atom. The Balaban J connectivity index is 1.34. The van der Waals surface area contributed by atoms with Crippen LogP contribution in [0.5, 0.6) is 5.75 Å². The van der Waals surface area contributed by atoms with E-state index in [2.05, 4.69) is 21.3 Å². The molecule has 6 heteroatoms. The maximum atomic E-state index is 12.3. The van der Waals surface area contributed by atoms with Gasteiger partial charge in [-0.25, -0.2) is 4.79 Å².